The first kappa shape index (κ1) is 20.8. The number of fused-ring (bicyclic) bond motifs is 1. The zero-order chi connectivity index (χ0) is 22.8. The highest BCUT2D eigenvalue weighted by Crippen LogP contribution is 2.26. The molecule has 0 aliphatic carbocycles. The molecule has 4 heterocycles. The topological polar surface area (TPSA) is 114 Å². The van der Waals surface area contributed by atoms with Crippen LogP contribution in [0.2, 0.25) is 0 Å². The minimum absolute atomic E-state index is 0.215. The number of methoxy groups -OCH3 is 1. The first-order valence-corrected chi connectivity index (χ1v) is 10.9. The predicted molar refractivity (Wildman–Crippen MR) is 119 cm³/mol. The van der Waals surface area contributed by atoms with Crippen molar-refractivity contribution in [3.63, 3.8) is 0 Å². The number of nitrogens with zero attached hydrogens (tertiary/aromatic N) is 3. The Kier molecular flexibility index (Phi) is 5.57. The van der Waals surface area contributed by atoms with Gasteiger partial charge in [-0.25, -0.2) is 9.78 Å². The molecule has 0 spiro atoms. The van der Waals surface area contributed by atoms with E-state index in [2.05, 4.69) is 10.1 Å². The number of hydrogen-bond donors (Lipinski definition) is 0. The minimum Gasteiger partial charge on any atom is -0.467 e. The van der Waals surface area contributed by atoms with Gasteiger partial charge in [0.2, 0.25) is 5.76 Å². The molecule has 0 N–H and O–H groups in total. The van der Waals surface area contributed by atoms with Crippen molar-refractivity contribution in [3.8, 4) is 11.5 Å². The highest BCUT2D eigenvalue weighted by atomic mass is 32.2. The Bertz CT molecular complexity index is 1470. The van der Waals surface area contributed by atoms with Gasteiger partial charge in [-0.3, -0.25) is 9.36 Å². The van der Waals surface area contributed by atoms with Crippen LogP contribution in [0.1, 0.15) is 21.8 Å². The summed E-state index contributed by atoms with van der Waals surface area (Å²) in [7, 11) is 1.30. The van der Waals surface area contributed by atoms with Crippen LogP contribution in [0.15, 0.2) is 84.4 Å². The van der Waals surface area contributed by atoms with Gasteiger partial charge in [0, 0.05) is 11.8 Å². The fourth-order valence-electron chi connectivity index (χ4n) is 3.31. The third-order valence-electron chi connectivity index (χ3n) is 4.91. The number of carbonyl (C=O) groups is 1. The third-order valence-corrected chi connectivity index (χ3v) is 5.92. The first-order valence-electron chi connectivity index (χ1n) is 9.90. The lowest BCUT2D eigenvalue weighted by molar-refractivity contribution is 0.0601. The van der Waals surface area contributed by atoms with Gasteiger partial charge in [0.15, 0.2) is 10.9 Å². The number of thioether (sulfide) groups is 1. The van der Waals surface area contributed by atoms with Gasteiger partial charge in [-0.15, -0.1) is 0 Å². The SMILES string of the molecule is COC(=O)c1ccc2c(=O)n(Cc3ccco3)c(SCc3cc(-c4ccco4)on3)nc2c1. The Morgan fingerprint density at radius 3 is 2.70 bits per heavy atom. The quantitative estimate of drug-likeness (QED) is 0.197. The van der Waals surface area contributed by atoms with Gasteiger partial charge in [-0.2, -0.15) is 0 Å². The molecule has 0 fully saturated rings. The number of rotatable bonds is 7. The second-order valence-electron chi connectivity index (χ2n) is 7.04. The van der Waals surface area contributed by atoms with Crippen LogP contribution in [-0.2, 0) is 17.0 Å². The first-order chi connectivity index (χ1) is 16.1. The highest BCUT2D eigenvalue weighted by Gasteiger charge is 2.17. The summed E-state index contributed by atoms with van der Waals surface area (Å²) in [6, 6.07) is 13.5. The zero-order valence-electron chi connectivity index (χ0n) is 17.4. The highest BCUT2D eigenvalue weighted by molar-refractivity contribution is 7.98. The fourth-order valence-corrected chi connectivity index (χ4v) is 4.19. The molecular weight excluding hydrogens is 446 g/mol. The third kappa shape index (κ3) is 4.20. The van der Waals surface area contributed by atoms with Crippen LogP contribution >= 0.6 is 11.8 Å². The van der Waals surface area contributed by atoms with E-state index in [1.165, 1.54) is 23.4 Å². The van der Waals surface area contributed by atoms with Crippen molar-refractivity contribution in [2.24, 2.45) is 0 Å². The number of carbonyl (C=O) groups excluding carboxylic acids is 1. The molecule has 0 aliphatic rings. The van der Waals surface area contributed by atoms with Crippen molar-refractivity contribution in [1.29, 1.82) is 0 Å². The Morgan fingerprint density at radius 2 is 1.94 bits per heavy atom. The number of benzene rings is 1. The van der Waals surface area contributed by atoms with Gasteiger partial charge in [0.1, 0.15) is 5.76 Å². The summed E-state index contributed by atoms with van der Waals surface area (Å²) in [6.07, 6.45) is 3.11. The second kappa shape index (κ2) is 8.83. The molecule has 10 heteroatoms. The van der Waals surface area contributed by atoms with Crippen LogP contribution in [0.4, 0.5) is 0 Å². The average Bonchev–Trinajstić information content (AvgIpc) is 3.61. The van der Waals surface area contributed by atoms with E-state index in [1.54, 1.807) is 61.1 Å². The molecule has 0 unspecified atom stereocenters. The number of furan rings is 2. The summed E-state index contributed by atoms with van der Waals surface area (Å²) in [4.78, 5) is 29.9. The van der Waals surface area contributed by atoms with E-state index in [4.69, 9.17) is 18.1 Å². The molecule has 5 rings (SSSR count). The molecule has 0 bridgehead atoms. The summed E-state index contributed by atoms with van der Waals surface area (Å²) in [5, 5.41) is 4.92. The molecule has 4 aromatic heterocycles. The average molecular weight is 463 g/mol. The molecule has 0 aliphatic heterocycles. The van der Waals surface area contributed by atoms with Crippen molar-refractivity contribution in [3.05, 3.63) is 88.4 Å². The molecule has 1 aromatic carbocycles. The normalized spacial score (nSPS) is 11.2. The van der Waals surface area contributed by atoms with Crippen LogP contribution in [0, 0.1) is 0 Å². The van der Waals surface area contributed by atoms with Crippen molar-refractivity contribution in [2.45, 2.75) is 17.5 Å². The van der Waals surface area contributed by atoms with Crippen LogP contribution < -0.4 is 5.56 Å². The van der Waals surface area contributed by atoms with Crippen LogP contribution in [-0.4, -0.2) is 27.8 Å². The molecule has 0 saturated heterocycles. The zero-order valence-corrected chi connectivity index (χ0v) is 18.2. The standard InChI is InChI=1S/C23H17N3O6S/c1-29-22(28)14-6-7-17-18(10-14)24-23(26(21(17)27)12-16-4-2-8-30-16)33-13-15-11-20(32-25-15)19-5-3-9-31-19/h2-11H,12-13H2,1H3. The molecule has 33 heavy (non-hydrogen) atoms. The molecule has 0 saturated carbocycles. The summed E-state index contributed by atoms with van der Waals surface area (Å²) < 4.78 is 22.4. The van der Waals surface area contributed by atoms with E-state index >= 15 is 0 Å². The number of hydrogen-bond acceptors (Lipinski definition) is 9. The van der Waals surface area contributed by atoms with E-state index in [1.807, 2.05) is 0 Å². The van der Waals surface area contributed by atoms with Crippen molar-refractivity contribution in [1.82, 2.24) is 14.7 Å². The summed E-state index contributed by atoms with van der Waals surface area (Å²) in [6.45, 7) is 0.215. The van der Waals surface area contributed by atoms with E-state index in [0.717, 1.165) is 0 Å². The molecule has 9 nitrogen and oxygen atoms in total. The smallest absolute Gasteiger partial charge is 0.337 e. The fraction of sp³-hybridized carbons (Fsp3) is 0.130. The van der Waals surface area contributed by atoms with Crippen molar-refractivity contribution >= 4 is 28.6 Å². The summed E-state index contributed by atoms with van der Waals surface area (Å²) in [5.74, 6) is 1.61. The Hall–Kier alpha value is -4.05. The number of aromatic nitrogens is 3. The van der Waals surface area contributed by atoms with Gasteiger partial charge in [-0.05, 0) is 42.5 Å². The second-order valence-corrected chi connectivity index (χ2v) is 7.98. The lowest BCUT2D eigenvalue weighted by Crippen LogP contribution is -2.24. The number of esters is 1. The maximum Gasteiger partial charge on any atom is 0.337 e. The lowest BCUT2D eigenvalue weighted by Gasteiger charge is -2.12. The molecular formula is C23H17N3O6S. The summed E-state index contributed by atoms with van der Waals surface area (Å²) >= 11 is 1.32. The largest absolute Gasteiger partial charge is 0.467 e. The Labute approximate surface area is 191 Å². The van der Waals surface area contributed by atoms with E-state index in [9.17, 15) is 9.59 Å². The molecule has 0 radical (unpaired) electrons. The van der Waals surface area contributed by atoms with Crippen LogP contribution in [0.3, 0.4) is 0 Å². The number of ether oxygens (including phenoxy) is 1. The minimum atomic E-state index is -0.499. The van der Waals surface area contributed by atoms with Gasteiger partial charge in [0.05, 0.1) is 48.3 Å². The van der Waals surface area contributed by atoms with Gasteiger partial charge in [-0.1, -0.05) is 16.9 Å². The van der Waals surface area contributed by atoms with E-state index in [0.29, 0.717) is 50.4 Å². The van der Waals surface area contributed by atoms with Gasteiger partial charge in [0.25, 0.3) is 5.56 Å². The van der Waals surface area contributed by atoms with Crippen molar-refractivity contribution in [2.75, 3.05) is 7.11 Å². The van der Waals surface area contributed by atoms with Gasteiger partial charge >= 0.3 is 5.97 Å². The lowest BCUT2D eigenvalue weighted by atomic mass is 10.1. The van der Waals surface area contributed by atoms with Crippen LogP contribution in [0.25, 0.3) is 22.4 Å². The molecule has 5 aromatic rings. The Balaban J connectivity index is 1.51. The predicted octanol–water partition coefficient (Wildman–Crippen LogP) is 4.36. The maximum atomic E-state index is 13.3. The van der Waals surface area contributed by atoms with E-state index in [-0.39, 0.29) is 12.1 Å². The molecule has 0 amide bonds. The van der Waals surface area contributed by atoms with Gasteiger partial charge < -0.3 is 18.1 Å². The Morgan fingerprint density at radius 1 is 1.09 bits per heavy atom. The summed E-state index contributed by atoms with van der Waals surface area (Å²) in [5.41, 5.74) is 1.13. The monoisotopic (exact) mass is 463 g/mol. The molecule has 0 atom stereocenters. The van der Waals surface area contributed by atoms with Crippen LogP contribution in [0.5, 0.6) is 0 Å². The molecule has 166 valence electrons. The maximum absolute atomic E-state index is 13.3. The van der Waals surface area contributed by atoms with Crippen molar-refractivity contribution < 1.29 is 22.9 Å². The van der Waals surface area contributed by atoms with E-state index < -0.39 is 5.97 Å².